The topological polar surface area (TPSA) is 79.0 Å². The van der Waals surface area contributed by atoms with Crippen molar-refractivity contribution in [3.63, 3.8) is 0 Å². The number of aryl methyl sites for hydroxylation is 1. The van der Waals surface area contributed by atoms with Crippen molar-refractivity contribution in [2.75, 3.05) is 26.2 Å². The number of oxazole rings is 1. The van der Waals surface area contributed by atoms with Gasteiger partial charge in [-0.3, -0.25) is 0 Å². The lowest BCUT2D eigenvalue weighted by atomic mass is 9.84. The maximum atomic E-state index is 13.1. The van der Waals surface area contributed by atoms with E-state index < -0.39 is 12.5 Å². The molecule has 2 aliphatic rings. The van der Waals surface area contributed by atoms with E-state index in [0.717, 1.165) is 17.7 Å². The molecule has 4 rings (SSSR count). The maximum Gasteiger partial charge on any atom is 0.573 e. The Hall–Kier alpha value is -2.75. The predicted molar refractivity (Wildman–Crippen MR) is 108 cm³/mol. The third-order valence-electron chi connectivity index (χ3n) is 6.02. The van der Waals surface area contributed by atoms with Crippen molar-refractivity contribution >= 4 is 6.03 Å². The minimum atomic E-state index is -4.75. The Labute approximate surface area is 183 Å². The molecule has 0 bridgehead atoms. The Balaban J connectivity index is 1.55. The summed E-state index contributed by atoms with van der Waals surface area (Å²) in [5.74, 6) is 0.0227. The van der Waals surface area contributed by atoms with Gasteiger partial charge in [0.05, 0.1) is 17.7 Å². The molecule has 3 atom stereocenters. The van der Waals surface area contributed by atoms with E-state index in [4.69, 9.17) is 4.42 Å². The zero-order valence-corrected chi connectivity index (χ0v) is 17.7. The first-order valence-electron chi connectivity index (χ1n) is 10.7. The number of halogens is 3. The molecule has 2 fully saturated rings. The Morgan fingerprint density at radius 1 is 1.19 bits per heavy atom. The van der Waals surface area contributed by atoms with Crippen LogP contribution in [-0.2, 0) is 6.42 Å². The number of urea groups is 1. The molecule has 3 heterocycles. The van der Waals surface area contributed by atoms with Gasteiger partial charge in [0, 0.05) is 32.1 Å². The number of piperidine rings is 1. The lowest BCUT2D eigenvalue weighted by Crippen LogP contribution is -2.48. The lowest BCUT2D eigenvalue weighted by molar-refractivity contribution is -0.274. The number of rotatable bonds is 4. The van der Waals surface area contributed by atoms with Crippen LogP contribution in [0.3, 0.4) is 0 Å². The summed E-state index contributed by atoms with van der Waals surface area (Å²) in [6, 6.07) is 5.62. The Kier molecular flexibility index (Phi) is 6.32. The molecule has 0 radical (unpaired) electrons. The number of nitrogens with zero attached hydrogens (tertiary/aromatic N) is 3. The van der Waals surface area contributed by atoms with Crippen LogP contribution in [0.4, 0.5) is 18.0 Å². The van der Waals surface area contributed by atoms with Gasteiger partial charge in [-0.25, -0.2) is 9.78 Å². The summed E-state index contributed by atoms with van der Waals surface area (Å²) in [5, 5.41) is 9.81. The van der Waals surface area contributed by atoms with Crippen molar-refractivity contribution in [2.24, 2.45) is 0 Å². The second kappa shape index (κ2) is 9.01. The molecule has 1 aromatic carbocycles. The van der Waals surface area contributed by atoms with Crippen LogP contribution in [-0.4, -0.2) is 64.6 Å². The fraction of sp³-hybridized carbons (Fsp3) is 0.545. The highest BCUT2D eigenvalue weighted by atomic mass is 19.4. The summed E-state index contributed by atoms with van der Waals surface area (Å²) in [6.45, 7) is 3.62. The van der Waals surface area contributed by atoms with Gasteiger partial charge in [-0.2, -0.15) is 0 Å². The van der Waals surface area contributed by atoms with E-state index in [1.54, 1.807) is 28.2 Å². The molecule has 0 aliphatic carbocycles. The molecule has 2 aliphatic heterocycles. The Morgan fingerprint density at radius 2 is 1.91 bits per heavy atom. The molecule has 2 saturated heterocycles. The van der Waals surface area contributed by atoms with E-state index in [2.05, 4.69) is 9.72 Å². The number of alkyl halides is 3. The van der Waals surface area contributed by atoms with Crippen LogP contribution in [0, 0.1) is 0 Å². The van der Waals surface area contributed by atoms with Gasteiger partial charge in [-0.15, -0.1) is 13.2 Å². The summed E-state index contributed by atoms with van der Waals surface area (Å²) < 4.78 is 47.1. The molecule has 0 saturated carbocycles. The number of carbonyl (C=O) groups excluding carboxylic acids is 1. The maximum absolute atomic E-state index is 13.1. The number of benzene rings is 1. The Morgan fingerprint density at radius 3 is 2.50 bits per heavy atom. The molecule has 10 heteroatoms. The first kappa shape index (κ1) is 22.4. The van der Waals surface area contributed by atoms with Gasteiger partial charge in [0.1, 0.15) is 12.0 Å². The molecule has 2 aromatic rings. The van der Waals surface area contributed by atoms with Crippen molar-refractivity contribution < 1.29 is 32.2 Å². The molecule has 3 unspecified atom stereocenters. The second-order valence-electron chi connectivity index (χ2n) is 8.35. The average Bonchev–Trinajstić information content (AvgIpc) is 3.41. The number of hydrogen-bond acceptors (Lipinski definition) is 5. The summed E-state index contributed by atoms with van der Waals surface area (Å²) in [4.78, 5) is 21.0. The lowest BCUT2D eigenvalue weighted by Gasteiger charge is -2.38. The van der Waals surface area contributed by atoms with E-state index >= 15 is 0 Å². The summed E-state index contributed by atoms with van der Waals surface area (Å²) >= 11 is 0. The fourth-order valence-electron chi connectivity index (χ4n) is 4.41. The van der Waals surface area contributed by atoms with E-state index in [-0.39, 0.29) is 23.6 Å². The van der Waals surface area contributed by atoms with Gasteiger partial charge in [0.15, 0.2) is 5.89 Å². The number of amides is 2. The number of aliphatic hydroxyl groups excluding tert-OH is 1. The predicted octanol–water partition coefficient (Wildman–Crippen LogP) is 3.90. The number of ether oxygens (including phenoxy) is 1. The third-order valence-corrected chi connectivity index (χ3v) is 6.02. The summed E-state index contributed by atoms with van der Waals surface area (Å²) in [7, 11) is 0. The zero-order chi connectivity index (χ0) is 22.9. The molecule has 1 aromatic heterocycles. The molecule has 32 heavy (non-hydrogen) atoms. The van der Waals surface area contributed by atoms with Crippen LogP contribution in [0.5, 0.6) is 5.75 Å². The van der Waals surface area contributed by atoms with Crippen LogP contribution in [0.25, 0.3) is 0 Å². The van der Waals surface area contributed by atoms with Crippen molar-refractivity contribution in [2.45, 2.75) is 50.5 Å². The van der Waals surface area contributed by atoms with Gasteiger partial charge >= 0.3 is 12.4 Å². The first-order chi connectivity index (χ1) is 15.2. The van der Waals surface area contributed by atoms with E-state index in [1.807, 2.05) is 6.92 Å². The van der Waals surface area contributed by atoms with E-state index in [9.17, 15) is 23.1 Å². The van der Waals surface area contributed by atoms with Crippen LogP contribution in [0.15, 0.2) is 34.9 Å². The van der Waals surface area contributed by atoms with Crippen LogP contribution < -0.4 is 4.74 Å². The molecule has 2 amide bonds. The fourth-order valence-corrected chi connectivity index (χ4v) is 4.41. The molecular formula is C22H26F3N3O4. The molecule has 1 N–H and O–H groups in total. The number of likely N-dealkylation sites (tertiary alicyclic amines) is 2. The summed E-state index contributed by atoms with van der Waals surface area (Å²) in [6.07, 6.45) is -1.72. The Bertz CT molecular complexity index is 931. The quantitative estimate of drug-likeness (QED) is 0.760. The summed E-state index contributed by atoms with van der Waals surface area (Å²) in [5.41, 5.74) is 1.64. The van der Waals surface area contributed by atoms with Gasteiger partial charge in [-0.05, 0) is 37.0 Å². The second-order valence-corrected chi connectivity index (χ2v) is 8.35. The highest BCUT2D eigenvalue weighted by molar-refractivity contribution is 5.75. The van der Waals surface area contributed by atoms with Crippen LogP contribution in [0.1, 0.15) is 48.7 Å². The normalized spacial score (nSPS) is 24.1. The van der Waals surface area contributed by atoms with E-state index in [0.29, 0.717) is 44.9 Å². The zero-order valence-electron chi connectivity index (χ0n) is 17.7. The number of carbonyl (C=O) groups is 1. The highest BCUT2D eigenvalue weighted by Crippen LogP contribution is 2.37. The minimum Gasteiger partial charge on any atom is -0.448 e. The largest absolute Gasteiger partial charge is 0.573 e. The van der Waals surface area contributed by atoms with Crippen molar-refractivity contribution in [3.8, 4) is 5.75 Å². The van der Waals surface area contributed by atoms with Gasteiger partial charge in [-0.1, -0.05) is 19.1 Å². The number of aromatic nitrogens is 1. The van der Waals surface area contributed by atoms with Gasteiger partial charge in [0.25, 0.3) is 0 Å². The van der Waals surface area contributed by atoms with Crippen LogP contribution >= 0.6 is 0 Å². The number of hydrogen-bond donors (Lipinski definition) is 1. The van der Waals surface area contributed by atoms with Gasteiger partial charge < -0.3 is 24.1 Å². The molecular weight excluding hydrogens is 427 g/mol. The van der Waals surface area contributed by atoms with Crippen LogP contribution in [0.2, 0.25) is 0 Å². The van der Waals surface area contributed by atoms with Crippen molar-refractivity contribution in [1.82, 2.24) is 14.8 Å². The standard InChI is InChI=1S/C22H26F3N3O4/c1-2-17-13-31-20(26-17)16-9-15(14-3-5-19(6-4-14)32-22(23,24)25)10-28(11-16)21(30)27-8-7-18(29)12-27/h3-6,13,15-16,18,29H,2,7-12H2,1H3. The number of β-amino-alcohol motifs (C(OH)–C–C–N with tert-alkyl or cyclic N) is 1. The SMILES string of the molecule is CCc1coc(C2CC(c3ccc(OC(F)(F)F)cc3)CN(C(=O)N3CCC(O)C3)C2)n1. The minimum absolute atomic E-state index is 0.109. The first-order valence-corrected chi connectivity index (χ1v) is 10.7. The van der Waals surface area contributed by atoms with E-state index in [1.165, 1.54) is 12.1 Å². The smallest absolute Gasteiger partial charge is 0.448 e. The van der Waals surface area contributed by atoms with Crippen molar-refractivity contribution in [3.05, 3.63) is 47.7 Å². The highest BCUT2D eigenvalue weighted by Gasteiger charge is 2.37. The van der Waals surface area contributed by atoms with Gasteiger partial charge in [0.2, 0.25) is 0 Å². The number of aliphatic hydroxyl groups is 1. The molecule has 174 valence electrons. The average molecular weight is 453 g/mol. The van der Waals surface area contributed by atoms with Crippen molar-refractivity contribution in [1.29, 1.82) is 0 Å². The monoisotopic (exact) mass is 453 g/mol. The molecule has 7 nitrogen and oxygen atoms in total. The third kappa shape index (κ3) is 5.17. The molecule has 0 spiro atoms.